The number of furan rings is 1. The molecule has 0 saturated carbocycles. The Labute approximate surface area is 95.5 Å². The van der Waals surface area contributed by atoms with Gasteiger partial charge in [-0.05, 0) is 30.7 Å². The highest BCUT2D eigenvalue weighted by Crippen LogP contribution is 2.18. The summed E-state index contributed by atoms with van der Waals surface area (Å²) in [6.45, 7) is 2.76. The summed E-state index contributed by atoms with van der Waals surface area (Å²) in [7, 11) is 2.01. The van der Waals surface area contributed by atoms with E-state index in [0.717, 1.165) is 23.9 Å². The van der Waals surface area contributed by atoms with Crippen LogP contribution in [0.2, 0.25) is 0 Å². The fraction of sp³-hybridized carbons (Fsp3) is 0.231. The third-order valence-electron chi connectivity index (χ3n) is 2.50. The van der Waals surface area contributed by atoms with Crippen LogP contribution in [0, 0.1) is 6.92 Å². The van der Waals surface area contributed by atoms with Gasteiger partial charge in [-0.25, -0.2) is 0 Å². The second kappa shape index (κ2) is 4.31. The van der Waals surface area contributed by atoms with Gasteiger partial charge in [0.25, 0.3) is 0 Å². The second-order valence-electron chi connectivity index (χ2n) is 3.98. The Morgan fingerprint density at radius 2 is 1.81 bits per heavy atom. The molecular weight excluding hydrogens is 200 g/mol. The van der Waals surface area contributed by atoms with Gasteiger partial charge < -0.3 is 15.1 Å². The van der Waals surface area contributed by atoms with E-state index in [1.807, 2.05) is 50.4 Å². The van der Waals surface area contributed by atoms with Gasteiger partial charge in [-0.1, -0.05) is 12.1 Å². The molecule has 0 radical (unpaired) electrons. The van der Waals surface area contributed by atoms with Gasteiger partial charge in [0.2, 0.25) is 0 Å². The number of aryl methyl sites for hydroxylation is 1. The maximum atomic E-state index is 5.64. The highest BCUT2D eigenvalue weighted by molar-refractivity contribution is 5.41. The predicted molar refractivity (Wildman–Crippen MR) is 66.4 cm³/mol. The first-order valence-electron chi connectivity index (χ1n) is 5.27. The maximum Gasteiger partial charge on any atom is 0.195 e. The number of nitrogens with two attached hydrogens (primary N) is 1. The molecule has 1 heterocycles. The molecule has 0 aliphatic rings. The van der Waals surface area contributed by atoms with Crippen molar-refractivity contribution < 1.29 is 4.42 Å². The van der Waals surface area contributed by atoms with Crippen molar-refractivity contribution in [2.24, 2.45) is 0 Å². The van der Waals surface area contributed by atoms with Gasteiger partial charge in [0, 0.05) is 25.3 Å². The predicted octanol–water partition coefficient (Wildman–Crippen LogP) is 2.81. The molecule has 16 heavy (non-hydrogen) atoms. The van der Waals surface area contributed by atoms with Gasteiger partial charge in [0.15, 0.2) is 5.88 Å². The van der Waals surface area contributed by atoms with Crippen molar-refractivity contribution in [1.29, 1.82) is 0 Å². The third-order valence-corrected chi connectivity index (χ3v) is 2.50. The molecule has 2 N–H and O–H groups in total. The van der Waals surface area contributed by atoms with E-state index in [2.05, 4.69) is 4.90 Å². The number of nitrogens with zero attached hydrogens (tertiary/aromatic N) is 1. The van der Waals surface area contributed by atoms with Crippen molar-refractivity contribution >= 4 is 11.6 Å². The summed E-state index contributed by atoms with van der Waals surface area (Å²) in [5, 5.41) is 0. The lowest BCUT2D eigenvalue weighted by Gasteiger charge is -2.15. The van der Waals surface area contributed by atoms with E-state index in [1.54, 1.807) is 0 Å². The summed E-state index contributed by atoms with van der Waals surface area (Å²) >= 11 is 0. The molecule has 2 rings (SSSR count). The van der Waals surface area contributed by atoms with Gasteiger partial charge in [0.1, 0.15) is 5.76 Å². The third kappa shape index (κ3) is 2.37. The van der Waals surface area contributed by atoms with E-state index in [1.165, 1.54) is 5.56 Å². The van der Waals surface area contributed by atoms with E-state index >= 15 is 0 Å². The Hall–Kier alpha value is -1.90. The van der Waals surface area contributed by atoms with Crippen molar-refractivity contribution in [1.82, 2.24) is 0 Å². The molecule has 0 aliphatic carbocycles. The van der Waals surface area contributed by atoms with Crippen LogP contribution >= 0.6 is 0 Å². The Bertz CT molecular complexity index is 459. The normalized spacial score (nSPS) is 10.4. The Kier molecular flexibility index (Phi) is 2.86. The summed E-state index contributed by atoms with van der Waals surface area (Å²) in [6.07, 6.45) is 0. The lowest BCUT2D eigenvalue weighted by atomic mass is 10.2. The smallest absolute Gasteiger partial charge is 0.195 e. The summed E-state index contributed by atoms with van der Waals surface area (Å²) in [4.78, 5) is 2.07. The lowest BCUT2D eigenvalue weighted by molar-refractivity contribution is 0.525. The van der Waals surface area contributed by atoms with Crippen molar-refractivity contribution in [3.05, 3.63) is 47.7 Å². The molecular formula is C13H16N2O. The zero-order chi connectivity index (χ0) is 11.5. The van der Waals surface area contributed by atoms with Crippen molar-refractivity contribution in [3.63, 3.8) is 0 Å². The molecule has 0 saturated heterocycles. The van der Waals surface area contributed by atoms with Gasteiger partial charge in [-0.15, -0.1) is 0 Å². The Morgan fingerprint density at radius 3 is 2.38 bits per heavy atom. The van der Waals surface area contributed by atoms with Crippen LogP contribution < -0.4 is 10.6 Å². The quantitative estimate of drug-likeness (QED) is 0.802. The van der Waals surface area contributed by atoms with Crippen LogP contribution in [0.4, 0.5) is 11.6 Å². The van der Waals surface area contributed by atoms with Gasteiger partial charge in [-0.2, -0.15) is 0 Å². The largest absolute Gasteiger partial charge is 0.446 e. The maximum absolute atomic E-state index is 5.64. The van der Waals surface area contributed by atoms with Crippen LogP contribution in [-0.4, -0.2) is 7.05 Å². The lowest BCUT2D eigenvalue weighted by Crippen LogP contribution is -2.15. The molecule has 1 aromatic heterocycles. The van der Waals surface area contributed by atoms with E-state index in [9.17, 15) is 0 Å². The van der Waals surface area contributed by atoms with Gasteiger partial charge in [-0.3, -0.25) is 0 Å². The zero-order valence-electron chi connectivity index (χ0n) is 9.60. The second-order valence-corrected chi connectivity index (χ2v) is 3.98. The fourth-order valence-electron chi connectivity index (χ4n) is 1.60. The highest BCUT2D eigenvalue weighted by atomic mass is 16.4. The summed E-state index contributed by atoms with van der Waals surface area (Å²) in [6, 6.07) is 11.8. The molecule has 0 aliphatic heterocycles. The average molecular weight is 216 g/mol. The van der Waals surface area contributed by atoms with E-state index in [-0.39, 0.29) is 0 Å². The summed E-state index contributed by atoms with van der Waals surface area (Å²) < 4.78 is 5.54. The van der Waals surface area contributed by atoms with Crippen LogP contribution in [0.3, 0.4) is 0 Å². The van der Waals surface area contributed by atoms with E-state index in [4.69, 9.17) is 10.2 Å². The molecule has 0 atom stereocenters. The Morgan fingerprint density at radius 1 is 1.12 bits per heavy atom. The minimum atomic E-state index is 0.792. The Balaban J connectivity index is 2.07. The number of hydrogen-bond donors (Lipinski definition) is 1. The van der Waals surface area contributed by atoms with Gasteiger partial charge in [0.05, 0.1) is 0 Å². The number of anilines is 2. The SMILES string of the molecule is Cc1ccc(N(C)Cc2ccc(N)cc2)o1. The minimum absolute atomic E-state index is 0.792. The number of nitrogen functional groups attached to an aromatic ring is 1. The molecule has 0 unspecified atom stereocenters. The van der Waals surface area contributed by atoms with Crippen LogP contribution in [0.25, 0.3) is 0 Å². The first-order valence-corrected chi connectivity index (χ1v) is 5.27. The fourth-order valence-corrected chi connectivity index (χ4v) is 1.60. The van der Waals surface area contributed by atoms with Crippen LogP contribution in [0.1, 0.15) is 11.3 Å². The van der Waals surface area contributed by atoms with Crippen LogP contribution in [-0.2, 0) is 6.54 Å². The molecule has 3 heteroatoms. The topological polar surface area (TPSA) is 42.4 Å². The summed E-state index contributed by atoms with van der Waals surface area (Å²) in [5.74, 6) is 1.81. The van der Waals surface area contributed by atoms with Gasteiger partial charge >= 0.3 is 0 Å². The molecule has 0 spiro atoms. The standard InChI is InChI=1S/C13H16N2O/c1-10-3-8-13(16-10)15(2)9-11-4-6-12(14)7-5-11/h3-8H,9,14H2,1-2H3. The number of hydrogen-bond acceptors (Lipinski definition) is 3. The van der Waals surface area contributed by atoms with Crippen LogP contribution in [0.15, 0.2) is 40.8 Å². The molecule has 84 valence electrons. The minimum Gasteiger partial charge on any atom is -0.446 e. The molecule has 0 amide bonds. The van der Waals surface area contributed by atoms with E-state index < -0.39 is 0 Å². The van der Waals surface area contributed by atoms with Crippen LogP contribution in [0.5, 0.6) is 0 Å². The average Bonchev–Trinajstić information content (AvgIpc) is 2.68. The molecule has 3 nitrogen and oxygen atoms in total. The number of rotatable bonds is 3. The molecule has 2 aromatic rings. The monoisotopic (exact) mass is 216 g/mol. The number of benzene rings is 1. The zero-order valence-corrected chi connectivity index (χ0v) is 9.60. The molecule has 1 aromatic carbocycles. The van der Waals surface area contributed by atoms with E-state index in [0.29, 0.717) is 0 Å². The first-order chi connectivity index (χ1) is 7.65. The van der Waals surface area contributed by atoms with Crippen molar-refractivity contribution in [3.8, 4) is 0 Å². The molecule has 0 fully saturated rings. The highest BCUT2D eigenvalue weighted by Gasteiger charge is 2.05. The first kappa shape index (κ1) is 10.6. The van der Waals surface area contributed by atoms with Crippen molar-refractivity contribution in [2.45, 2.75) is 13.5 Å². The molecule has 0 bridgehead atoms. The van der Waals surface area contributed by atoms with Crippen molar-refractivity contribution in [2.75, 3.05) is 17.7 Å². The summed E-state index contributed by atoms with van der Waals surface area (Å²) in [5.41, 5.74) is 7.65.